The molecule has 0 spiro atoms. The summed E-state index contributed by atoms with van der Waals surface area (Å²) in [5.41, 5.74) is 2.30. The Labute approximate surface area is 167 Å². The average molecular weight is 383 g/mol. The van der Waals surface area contributed by atoms with Gasteiger partial charge in [-0.25, -0.2) is 0 Å². The number of nitrogens with zero attached hydrogens (tertiary/aromatic N) is 2. The van der Waals surface area contributed by atoms with Crippen molar-refractivity contribution in [1.82, 2.24) is 4.90 Å². The second-order valence-electron chi connectivity index (χ2n) is 7.21. The highest BCUT2D eigenvalue weighted by Crippen LogP contribution is 2.28. The lowest BCUT2D eigenvalue weighted by Gasteiger charge is -2.36. The molecule has 1 saturated heterocycles. The van der Waals surface area contributed by atoms with Crippen molar-refractivity contribution in [3.63, 3.8) is 0 Å². The van der Waals surface area contributed by atoms with Crippen LogP contribution in [0.15, 0.2) is 48.5 Å². The summed E-state index contributed by atoms with van der Waals surface area (Å²) in [5.74, 6) is 2.13. The van der Waals surface area contributed by atoms with Gasteiger partial charge in [0.25, 0.3) is 5.91 Å². The van der Waals surface area contributed by atoms with Crippen LogP contribution in [0.5, 0.6) is 11.5 Å². The van der Waals surface area contributed by atoms with E-state index in [4.69, 9.17) is 9.47 Å². The van der Waals surface area contributed by atoms with Gasteiger partial charge in [-0.05, 0) is 36.1 Å². The fourth-order valence-electron chi connectivity index (χ4n) is 3.49. The maximum Gasteiger partial charge on any atom is 0.260 e. The van der Waals surface area contributed by atoms with Crippen LogP contribution in [0.25, 0.3) is 0 Å². The Kier molecular flexibility index (Phi) is 6.80. The second kappa shape index (κ2) is 9.49. The van der Waals surface area contributed by atoms with Gasteiger partial charge >= 0.3 is 0 Å². The molecule has 1 heterocycles. The molecule has 5 heteroatoms. The molecule has 3 rings (SSSR count). The second-order valence-corrected chi connectivity index (χ2v) is 7.21. The van der Waals surface area contributed by atoms with E-state index < -0.39 is 0 Å². The zero-order valence-electron chi connectivity index (χ0n) is 17.1. The third-order valence-electron chi connectivity index (χ3n) is 5.46. The molecule has 1 atom stereocenters. The SMILES string of the molecule is CCC(C)c1ccccc1OCC(=O)N1CCN(c2cccc(OC)c2)CC1. The average Bonchev–Trinajstić information content (AvgIpc) is 2.77. The lowest BCUT2D eigenvalue weighted by molar-refractivity contribution is -0.133. The van der Waals surface area contributed by atoms with Crippen molar-refractivity contribution in [2.24, 2.45) is 0 Å². The number of piperazine rings is 1. The number of amides is 1. The number of methoxy groups -OCH3 is 1. The van der Waals surface area contributed by atoms with E-state index in [1.54, 1.807) is 7.11 Å². The zero-order chi connectivity index (χ0) is 19.9. The highest BCUT2D eigenvalue weighted by molar-refractivity contribution is 5.78. The van der Waals surface area contributed by atoms with E-state index in [9.17, 15) is 4.79 Å². The number of hydrogen-bond acceptors (Lipinski definition) is 4. The molecule has 1 amide bonds. The van der Waals surface area contributed by atoms with Crippen LogP contribution in [0, 0.1) is 0 Å². The minimum absolute atomic E-state index is 0.0456. The topological polar surface area (TPSA) is 42.0 Å². The van der Waals surface area contributed by atoms with Crippen LogP contribution in [-0.4, -0.2) is 50.7 Å². The van der Waals surface area contributed by atoms with E-state index in [2.05, 4.69) is 30.9 Å². The Balaban J connectivity index is 1.53. The van der Waals surface area contributed by atoms with Crippen LogP contribution in [0.1, 0.15) is 31.7 Å². The molecule has 0 aliphatic carbocycles. The van der Waals surface area contributed by atoms with Gasteiger partial charge in [0.15, 0.2) is 6.61 Å². The van der Waals surface area contributed by atoms with E-state index in [1.807, 2.05) is 41.3 Å². The molecular formula is C23H30N2O3. The number of rotatable bonds is 7. The van der Waals surface area contributed by atoms with E-state index in [1.165, 1.54) is 5.56 Å². The molecule has 1 fully saturated rings. The van der Waals surface area contributed by atoms with Crippen LogP contribution in [0.4, 0.5) is 5.69 Å². The van der Waals surface area contributed by atoms with Crippen LogP contribution in [0.3, 0.4) is 0 Å². The molecule has 1 aliphatic heterocycles. The normalized spacial score (nSPS) is 15.2. The fourth-order valence-corrected chi connectivity index (χ4v) is 3.49. The first kappa shape index (κ1) is 20.1. The van der Waals surface area contributed by atoms with Gasteiger partial charge in [0.1, 0.15) is 11.5 Å². The summed E-state index contributed by atoms with van der Waals surface area (Å²) in [5, 5.41) is 0. The van der Waals surface area contributed by atoms with Crippen molar-refractivity contribution in [2.75, 3.05) is 44.8 Å². The van der Waals surface area contributed by atoms with E-state index in [0.29, 0.717) is 19.0 Å². The van der Waals surface area contributed by atoms with Gasteiger partial charge in [-0.15, -0.1) is 0 Å². The van der Waals surface area contributed by atoms with Gasteiger partial charge in [0.05, 0.1) is 7.11 Å². The summed E-state index contributed by atoms with van der Waals surface area (Å²) in [6.45, 7) is 7.45. The summed E-state index contributed by atoms with van der Waals surface area (Å²) in [6.07, 6.45) is 1.04. The monoisotopic (exact) mass is 382 g/mol. The molecular weight excluding hydrogens is 352 g/mol. The zero-order valence-corrected chi connectivity index (χ0v) is 17.1. The quantitative estimate of drug-likeness (QED) is 0.727. The molecule has 0 saturated carbocycles. The van der Waals surface area contributed by atoms with Gasteiger partial charge in [-0.1, -0.05) is 38.1 Å². The predicted octanol–water partition coefficient (Wildman–Crippen LogP) is 3.94. The molecule has 5 nitrogen and oxygen atoms in total. The summed E-state index contributed by atoms with van der Waals surface area (Å²) in [6, 6.07) is 16.1. The van der Waals surface area contributed by atoms with Crippen molar-refractivity contribution in [2.45, 2.75) is 26.2 Å². The number of para-hydroxylation sites is 1. The number of anilines is 1. The minimum atomic E-state index is 0.0456. The highest BCUT2D eigenvalue weighted by atomic mass is 16.5. The van der Waals surface area contributed by atoms with Gasteiger partial charge in [0, 0.05) is 37.9 Å². The summed E-state index contributed by atoms with van der Waals surface area (Å²) >= 11 is 0. The molecule has 2 aromatic carbocycles. The van der Waals surface area contributed by atoms with Crippen LogP contribution in [-0.2, 0) is 4.79 Å². The molecule has 1 unspecified atom stereocenters. The number of ether oxygens (including phenoxy) is 2. The van der Waals surface area contributed by atoms with Crippen molar-refractivity contribution in [3.05, 3.63) is 54.1 Å². The largest absolute Gasteiger partial charge is 0.497 e. The Bertz CT molecular complexity index is 785. The predicted molar refractivity (Wildman–Crippen MR) is 112 cm³/mol. The molecule has 0 aromatic heterocycles. The van der Waals surface area contributed by atoms with Crippen LogP contribution < -0.4 is 14.4 Å². The van der Waals surface area contributed by atoms with Crippen molar-refractivity contribution >= 4 is 11.6 Å². The van der Waals surface area contributed by atoms with E-state index >= 15 is 0 Å². The first-order valence-corrected chi connectivity index (χ1v) is 10.0. The Morgan fingerprint density at radius 3 is 2.54 bits per heavy atom. The molecule has 0 bridgehead atoms. The van der Waals surface area contributed by atoms with Gasteiger partial charge in [-0.2, -0.15) is 0 Å². The van der Waals surface area contributed by atoms with E-state index in [-0.39, 0.29) is 12.5 Å². The van der Waals surface area contributed by atoms with Gasteiger partial charge in [-0.3, -0.25) is 4.79 Å². The fraction of sp³-hybridized carbons (Fsp3) is 0.435. The first-order chi connectivity index (χ1) is 13.6. The van der Waals surface area contributed by atoms with E-state index in [0.717, 1.165) is 36.7 Å². The summed E-state index contributed by atoms with van der Waals surface area (Å²) < 4.78 is 11.2. The Morgan fingerprint density at radius 2 is 1.82 bits per heavy atom. The molecule has 150 valence electrons. The lowest BCUT2D eigenvalue weighted by Crippen LogP contribution is -2.50. The summed E-state index contributed by atoms with van der Waals surface area (Å²) in [4.78, 5) is 16.8. The highest BCUT2D eigenvalue weighted by Gasteiger charge is 2.22. The van der Waals surface area contributed by atoms with Gasteiger partial charge < -0.3 is 19.3 Å². The summed E-state index contributed by atoms with van der Waals surface area (Å²) in [7, 11) is 1.68. The van der Waals surface area contributed by atoms with Crippen molar-refractivity contribution in [3.8, 4) is 11.5 Å². The molecule has 28 heavy (non-hydrogen) atoms. The molecule has 0 N–H and O–H groups in total. The number of benzene rings is 2. The lowest BCUT2D eigenvalue weighted by atomic mass is 9.98. The van der Waals surface area contributed by atoms with Crippen LogP contribution in [0.2, 0.25) is 0 Å². The van der Waals surface area contributed by atoms with Crippen molar-refractivity contribution in [1.29, 1.82) is 0 Å². The maximum absolute atomic E-state index is 12.6. The Morgan fingerprint density at radius 1 is 1.07 bits per heavy atom. The number of carbonyl (C=O) groups excluding carboxylic acids is 1. The number of hydrogen-bond donors (Lipinski definition) is 0. The molecule has 1 aliphatic rings. The third-order valence-corrected chi connectivity index (χ3v) is 5.46. The third kappa shape index (κ3) is 4.77. The van der Waals surface area contributed by atoms with Crippen LogP contribution >= 0.6 is 0 Å². The smallest absolute Gasteiger partial charge is 0.260 e. The maximum atomic E-state index is 12.6. The van der Waals surface area contributed by atoms with Gasteiger partial charge in [0.2, 0.25) is 0 Å². The van der Waals surface area contributed by atoms with Crippen molar-refractivity contribution < 1.29 is 14.3 Å². The minimum Gasteiger partial charge on any atom is -0.497 e. The molecule has 0 radical (unpaired) electrons. The standard InChI is InChI=1S/C23H30N2O3/c1-4-18(2)21-10-5-6-11-22(21)28-17-23(26)25-14-12-24(13-15-25)19-8-7-9-20(16-19)27-3/h5-11,16,18H,4,12-15,17H2,1-3H3. The molecule has 2 aromatic rings. The first-order valence-electron chi connectivity index (χ1n) is 10.0. The number of carbonyl (C=O) groups is 1. The Hall–Kier alpha value is -2.69.